The summed E-state index contributed by atoms with van der Waals surface area (Å²) in [6.07, 6.45) is 2.25. The molecule has 0 aliphatic carbocycles. The minimum Gasteiger partial charge on any atom is -0.345 e. The fourth-order valence-corrected chi connectivity index (χ4v) is 2.62. The van der Waals surface area contributed by atoms with Crippen LogP contribution in [-0.2, 0) is 4.79 Å². The first kappa shape index (κ1) is 11.7. The Balaban J connectivity index is 1.85. The van der Waals surface area contributed by atoms with Crippen LogP contribution in [0.5, 0.6) is 0 Å². The van der Waals surface area contributed by atoms with Crippen molar-refractivity contribution in [2.24, 2.45) is 0 Å². The molecule has 0 bridgehead atoms. The average Bonchev–Trinajstić information content (AvgIpc) is 2.83. The van der Waals surface area contributed by atoms with Crippen molar-refractivity contribution < 1.29 is 4.79 Å². The number of hydrogen-bond donors (Lipinski definition) is 0. The van der Waals surface area contributed by atoms with Gasteiger partial charge in [-0.15, -0.1) is 22.9 Å². The molecular weight excluding hydrogens is 246 g/mol. The molecule has 88 valence electrons. The van der Waals surface area contributed by atoms with Crippen LogP contribution in [0.4, 0.5) is 5.13 Å². The summed E-state index contributed by atoms with van der Waals surface area (Å²) in [5, 5.41) is 3.02. The lowest BCUT2D eigenvalue weighted by Crippen LogP contribution is -2.48. The molecule has 0 spiro atoms. The third-order valence-electron chi connectivity index (χ3n) is 2.63. The Bertz CT molecular complexity index is 336. The van der Waals surface area contributed by atoms with Gasteiger partial charge in [0.05, 0.1) is 0 Å². The van der Waals surface area contributed by atoms with Gasteiger partial charge in [0.15, 0.2) is 5.13 Å². The van der Waals surface area contributed by atoms with Crippen LogP contribution in [0.1, 0.15) is 6.42 Å². The quantitative estimate of drug-likeness (QED) is 0.771. The molecule has 1 aliphatic heterocycles. The van der Waals surface area contributed by atoms with E-state index in [0.717, 1.165) is 31.3 Å². The second kappa shape index (κ2) is 5.50. The van der Waals surface area contributed by atoms with Crippen molar-refractivity contribution in [1.82, 2.24) is 9.88 Å². The van der Waals surface area contributed by atoms with Crippen LogP contribution in [0, 0.1) is 0 Å². The number of carbonyl (C=O) groups is 1. The van der Waals surface area contributed by atoms with E-state index in [-0.39, 0.29) is 5.91 Å². The number of anilines is 1. The number of aromatic nitrogens is 1. The highest BCUT2D eigenvalue weighted by Crippen LogP contribution is 2.18. The second-order valence-electron chi connectivity index (χ2n) is 3.62. The molecule has 0 atom stereocenters. The van der Waals surface area contributed by atoms with E-state index in [9.17, 15) is 4.79 Å². The van der Waals surface area contributed by atoms with E-state index in [1.165, 1.54) is 0 Å². The SMILES string of the molecule is O=C(CCCl)N1CCN(c2nccs2)CC1. The lowest BCUT2D eigenvalue weighted by atomic mass is 10.3. The molecule has 0 aromatic carbocycles. The Morgan fingerprint density at radius 1 is 1.44 bits per heavy atom. The molecule has 16 heavy (non-hydrogen) atoms. The molecule has 1 aliphatic rings. The van der Waals surface area contributed by atoms with Crippen molar-refractivity contribution in [3.63, 3.8) is 0 Å². The van der Waals surface area contributed by atoms with Gasteiger partial charge in [-0.05, 0) is 0 Å². The summed E-state index contributed by atoms with van der Waals surface area (Å²) >= 11 is 7.20. The molecular formula is C10H14ClN3OS. The van der Waals surface area contributed by atoms with Crippen LogP contribution in [0.25, 0.3) is 0 Å². The van der Waals surface area contributed by atoms with Gasteiger partial charge in [-0.25, -0.2) is 4.98 Å². The first-order valence-electron chi connectivity index (χ1n) is 5.29. The van der Waals surface area contributed by atoms with Gasteiger partial charge in [0.2, 0.25) is 5.91 Å². The second-order valence-corrected chi connectivity index (χ2v) is 4.87. The number of amides is 1. The van der Waals surface area contributed by atoms with Crippen molar-refractivity contribution in [2.45, 2.75) is 6.42 Å². The van der Waals surface area contributed by atoms with Crippen LogP contribution in [0.3, 0.4) is 0 Å². The Hall–Kier alpha value is -0.810. The van der Waals surface area contributed by atoms with E-state index in [1.807, 2.05) is 16.5 Å². The molecule has 1 saturated heterocycles. The predicted octanol–water partition coefficient (Wildman–Crippen LogP) is 1.42. The molecule has 1 aromatic rings. The Morgan fingerprint density at radius 3 is 2.75 bits per heavy atom. The first-order valence-corrected chi connectivity index (χ1v) is 6.71. The monoisotopic (exact) mass is 259 g/mol. The molecule has 0 unspecified atom stereocenters. The molecule has 6 heteroatoms. The Morgan fingerprint density at radius 2 is 2.19 bits per heavy atom. The van der Waals surface area contributed by atoms with Crippen molar-refractivity contribution >= 4 is 34.0 Å². The van der Waals surface area contributed by atoms with Crippen molar-refractivity contribution in [3.05, 3.63) is 11.6 Å². The molecule has 0 radical (unpaired) electrons. The van der Waals surface area contributed by atoms with Gasteiger partial charge in [0.1, 0.15) is 0 Å². The molecule has 0 N–H and O–H groups in total. The fourth-order valence-electron chi connectivity index (χ4n) is 1.76. The number of rotatable bonds is 3. The van der Waals surface area contributed by atoms with Gasteiger partial charge in [0.25, 0.3) is 0 Å². The topological polar surface area (TPSA) is 36.4 Å². The molecule has 4 nitrogen and oxygen atoms in total. The lowest BCUT2D eigenvalue weighted by molar-refractivity contribution is -0.131. The summed E-state index contributed by atoms with van der Waals surface area (Å²) in [7, 11) is 0. The number of thiazole rings is 1. The van der Waals surface area contributed by atoms with E-state index < -0.39 is 0 Å². The number of nitrogens with zero attached hydrogens (tertiary/aromatic N) is 3. The zero-order chi connectivity index (χ0) is 11.4. The smallest absolute Gasteiger partial charge is 0.223 e. The maximum absolute atomic E-state index is 11.6. The number of halogens is 1. The van der Waals surface area contributed by atoms with Gasteiger partial charge in [-0.2, -0.15) is 0 Å². The minimum absolute atomic E-state index is 0.161. The zero-order valence-electron chi connectivity index (χ0n) is 8.93. The summed E-state index contributed by atoms with van der Waals surface area (Å²) in [5.41, 5.74) is 0. The van der Waals surface area contributed by atoms with Crippen LogP contribution >= 0.6 is 22.9 Å². The third-order valence-corrected chi connectivity index (χ3v) is 3.65. The summed E-state index contributed by atoms with van der Waals surface area (Å²) in [4.78, 5) is 20.0. The van der Waals surface area contributed by atoms with Gasteiger partial charge < -0.3 is 9.80 Å². The number of hydrogen-bond acceptors (Lipinski definition) is 4. The number of carbonyl (C=O) groups excluding carboxylic acids is 1. The highest BCUT2D eigenvalue weighted by molar-refractivity contribution is 7.13. The molecule has 1 amide bonds. The van der Waals surface area contributed by atoms with Gasteiger partial charge in [-0.3, -0.25) is 4.79 Å². The molecule has 2 heterocycles. The average molecular weight is 260 g/mol. The van der Waals surface area contributed by atoms with Crippen LogP contribution in [0.2, 0.25) is 0 Å². The number of alkyl halides is 1. The lowest BCUT2D eigenvalue weighted by Gasteiger charge is -2.34. The summed E-state index contributed by atoms with van der Waals surface area (Å²) in [5.74, 6) is 0.569. The molecule has 2 rings (SSSR count). The van der Waals surface area contributed by atoms with Crippen LogP contribution in [0.15, 0.2) is 11.6 Å². The number of piperazine rings is 1. The van der Waals surface area contributed by atoms with Crippen molar-refractivity contribution in [3.8, 4) is 0 Å². The zero-order valence-corrected chi connectivity index (χ0v) is 10.5. The fraction of sp³-hybridized carbons (Fsp3) is 0.600. The van der Waals surface area contributed by atoms with E-state index in [2.05, 4.69) is 9.88 Å². The van der Waals surface area contributed by atoms with E-state index in [0.29, 0.717) is 12.3 Å². The Kier molecular flexibility index (Phi) is 4.01. The molecule has 1 fully saturated rings. The first-order chi connectivity index (χ1) is 7.81. The van der Waals surface area contributed by atoms with Crippen molar-refractivity contribution in [2.75, 3.05) is 37.0 Å². The maximum atomic E-state index is 11.6. The van der Waals surface area contributed by atoms with Gasteiger partial charge in [-0.1, -0.05) is 0 Å². The summed E-state index contributed by atoms with van der Waals surface area (Å²) < 4.78 is 0. The normalized spacial score (nSPS) is 16.6. The summed E-state index contributed by atoms with van der Waals surface area (Å²) in [6.45, 7) is 3.27. The van der Waals surface area contributed by atoms with E-state index in [1.54, 1.807) is 11.3 Å². The highest BCUT2D eigenvalue weighted by atomic mass is 35.5. The van der Waals surface area contributed by atoms with Gasteiger partial charge >= 0.3 is 0 Å². The molecule has 1 aromatic heterocycles. The van der Waals surface area contributed by atoms with Crippen LogP contribution < -0.4 is 4.90 Å². The predicted molar refractivity (Wildman–Crippen MR) is 66.2 cm³/mol. The van der Waals surface area contributed by atoms with E-state index in [4.69, 9.17) is 11.6 Å². The van der Waals surface area contributed by atoms with Crippen LogP contribution in [-0.4, -0.2) is 47.9 Å². The standard InChI is InChI=1S/C10H14ClN3OS/c11-2-1-9(15)13-4-6-14(7-5-13)10-12-3-8-16-10/h3,8H,1-2,4-7H2. The largest absolute Gasteiger partial charge is 0.345 e. The van der Waals surface area contributed by atoms with Crippen molar-refractivity contribution in [1.29, 1.82) is 0 Å². The minimum atomic E-state index is 0.161. The van der Waals surface area contributed by atoms with E-state index >= 15 is 0 Å². The third kappa shape index (κ3) is 2.65. The van der Waals surface area contributed by atoms with Gasteiger partial charge in [0, 0.05) is 50.1 Å². The summed E-state index contributed by atoms with van der Waals surface area (Å²) in [6, 6.07) is 0. The highest BCUT2D eigenvalue weighted by Gasteiger charge is 2.21. The Labute approximate surface area is 104 Å². The molecule has 0 saturated carbocycles. The maximum Gasteiger partial charge on any atom is 0.223 e.